The molecule has 0 N–H and O–H groups in total. The number of ether oxygens (including phenoxy) is 2. The number of rotatable bonds is 4. The minimum atomic E-state index is -0.529. The topological polar surface area (TPSA) is 38.8 Å². The maximum Gasteiger partial charge on any atom is 0.345 e. The summed E-state index contributed by atoms with van der Waals surface area (Å²) in [5.41, 5.74) is 1.19. The van der Waals surface area contributed by atoms with Crippen LogP contribution in [0.4, 0.5) is 0 Å². The number of hydrogen-bond acceptors (Lipinski definition) is 4. The minimum absolute atomic E-state index is 0.308. The van der Waals surface area contributed by atoms with Crippen molar-refractivity contribution in [1.29, 1.82) is 0 Å². The normalized spacial score (nSPS) is 13.6. The molecule has 25 heavy (non-hydrogen) atoms. The molecule has 1 aliphatic rings. The van der Waals surface area contributed by atoms with Gasteiger partial charge >= 0.3 is 5.97 Å². The van der Waals surface area contributed by atoms with Crippen molar-refractivity contribution in [3.05, 3.63) is 58.6 Å². The van der Waals surface area contributed by atoms with E-state index in [0.717, 1.165) is 36.5 Å². The molecule has 0 atom stereocenters. The summed E-state index contributed by atoms with van der Waals surface area (Å²) in [5, 5.41) is 0.346. The van der Waals surface area contributed by atoms with Crippen LogP contribution >= 0.6 is 23.8 Å². The number of likely N-dealkylation sites (tertiary alicyclic amines) is 1. The van der Waals surface area contributed by atoms with Crippen molar-refractivity contribution in [2.45, 2.75) is 12.8 Å². The third kappa shape index (κ3) is 3.94. The summed E-state index contributed by atoms with van der Waals surface area (Å²) in [4.78, 5) is 15.3. The molecule has 2 aromatic carbocycles. The predicted octanol–water partition coefficient (Wildman–Crippen LogP) is 4.34. The maximum absolute atomic E-state index is 12.3. The van der Waals surface area contributed by atoms with E-state index in [1.165, 1.54) is 7.11 Å². The Morgan fingerprint density at radius 3 is 2.52 bits per heavy atom. The zero-order valence-corrected chi connectivity index (χ0v) is 15.4. The van der Waals surface area contributed by atoms with E-state index in [1.807, 2.05) is 6.07 Å². The van der Waals surface area contributed by atoms with E-state index in [0.29, 0.717) is 22.1 Å². The van der Waals surface area contributed by atoms with Crippen molar-refractivity contribution in [1.82, 2.24) is 4.90 Å². The highest BCUT2D eigenvalue weighted by molar-refractivity contribution is 7.80. The van der Waals surface area contributed by atoms with Crippen molar-refractivity contribution in [3.63, 3.8) is 0 Å². The van der Waals surface area contributed by atoms with Crippen LogP contribution < -0.4 is 9.47 Å². The molecule has 4 nitrogen and oxygen atoms in total. The minimum Gasteiger partial charge on any atom is -0.493 e. The van der Waals surface area contributed by atoms with Crippen molar-refractivity contribution < 1.29 is 14.3 Å². The van der Waals surface area contributed by atoms with E-state index in [2.05, 4.69) is 4.90 Å². The first-order valence-electron chi connectivity index (χ1n) is 8.04. The molecule has 1 heterocycles. The van der Waals surface area contributed by atoms with Crippen LogP contribution in [0.3, 0.4) is 0 Å². The SMILES string of the molecule is COc1cc(C(=S)N2CCCC2)ccc1OC(=O)c1ccccc1Cl. The van der Waals surface area contributed by atoms with Crippen LogP contribution in [0.25, 0.3) is 0 Å². The maximum atomic E-state index is 12.3. The van der Waals surface area contributed by atoms with Gasteiger partial charge in [0, 0.05) is 18.7 Å². The summed E-state index contributed by atoms with van der Waals surface area (Å²) in [5.74, 6) is 0.263. The Morgan fingerprint density at radius 1 is 1.12 bits per heavy atom. The number of carbonyl (C=O) groups is 1. The Labute approximate surface area is 157 Å². The molecule has 0 amide bonds. The number of nitrogens with zero attached hydrogens (tertiary/aromatic N) is 1. The second-order valence-corrected chi connectivity index (χ2v) is 6.53. The molecule has 0 aliphatic carbocycles. The average Bonchev–Trinajstić information content (AvgIpc) is 3.16. The van der Waals surface area contributed by atoms with Crippen LogP contribution in [0.1, 0.15) is 28.8 Å². The van der Waals surface area contributed by atoms with E-state index in [9.17, 15) is 4.79 Å². The first-order chi connectivity index (χ1) is 12.1. The molecular weight excluding hydrogens is 358 g/mol. The van der Waals surface area contributed by atoms with Gasteiger partial charge in [0.2, 0.25) is 0 Å². The van der Waals surface area contributed by atoms with E-state index >= 15 is 0 Å². The lowest BCUT2D eigenvalue weighted by Crippen LogP contribution is -2.26. The van der Waals surface area contributed by atoms with Crippen LogP contribution in [0.15, 0.2) is 42.5 Å². The van der Waals surface area contributed by atoms with Crippen LogP contribution in [0.5, 0.6) is 11.5 Å². The van der Waals surface area contributed by atoms with Crippen molar-refractivity contribution in [2.75, 3.05) is 20.2 Å². The molecule has 0 unspecified atom stereocenters. The van der Waals surface area contributed by atoms with Gasteiger partial charge in [0.1, 0.15) is 4.99 Å². The van der Waals surface area contributed by atoms with Gasteiger partial charge in [0.05, 0.1) is 17.7 Å². The zero-order valence-electron chi connectivity index (χ0n) is 13.8. The molecule has 2 aromatic rings. The molecule has 6 heteroatoms. The lowest BCUT2D eigenvalue weighted by atomic mass is 10.2. The fourth-order valence-corrected chi connectivity index (χ4v) is 3.29. The van der Waals surface area contributed by atoms with Gasteiger partial charge in [-0.3, -0.25) is 0 Å². The molecule has 0 aromatic heterocycles. The number of hydrogen-bond donors (Lipinski definition) is 0. The summed E-state index contributed by atoms with van der Waals surface area (Å²) < 4.78 is 10.8. The second-order valence-electron chi connectivity index (χ2n) is 5.73. The third-order valence-corrected chi connectivity index (χ3v) is 4.92. The fraction of sp³-hybridized carbons (Fsp3) is 0.263. The Hall–Kier alpha value is -2.11. The van der Waals surface area contributed by atoms with E-state index < -0.39 is 5.97 Å². The van der Waals surface area contributed by atoms with Crippen LogP contribution in [-0.2, 0) is 0 Å². The Kier molecular flexibility index (Phi) is 5.56. The first kappa shape index (κ1) is 17.7. The average molecular weight is 376 g/mol. The summed E-state index contributed by atoms with van der Waals surface area (Å²) in [6.07, 6.45) is 2.32. The lowest BCUT2D eigenvalue weighted by molar-refractivity contribution is 0.0730. The molecule has 0 bridgehead atoms. The van der Waals surface area contributed by atoms with Gasteiger partial charge in [-0.25, -0.2) is 4.79 Å². The molecule has 0 radical (unpaired) electrons. The Balaban J connectivity index is 1.81. The summed E-state index contributed by atoms with van der Waals surface area (Å²) in [6.45, 7) is 1.95. The third-order valence-electron chi connectivity index (χ3n) is 4.10. The lowest BCUT2D eigenvalue weighted by Gasteiger charge is -2.19. The van der Waals surface area contributed by atoms with Gasteiger partial charge in [0.25, 0.3) is 0 Å². The Bertz CT molecular complexity index is 803. The molecule has 1 saturated heterocycles. The molecule has 130 valence electrons. The van der Waals surface area contributed by atoms with Crippen LogP contribution in [0, 0.1) is 0 Å². The molecule has 1 aliphatic heterocycles. The van der Waals surface area contributed by atoms with E-state index in [-0.39, 0.29) is 0 Å². The van der Waals surface area contributed by atoms with Crippen LogP contribution in [0.2, 0.25) is 5.02 Å². The first-order valence-corrected chi connectivity index (χ1v) is 8.83. The smallest absolute Gasteiger partial charge is 0.345 e. The van der Waals surface area contributed by atoms with Crippen molar-refractivity contribution >= 4 is 34.8 Å². The number of methoxy groups -OCH3 is 1. The summed E-state index contributed by atoms with van der Waals surface area (Å²) >= 11 is 11.6. The van der Waals surface area contributed by atoms with Crippen molar-refractivity contribution in [2.24, 2.45) is 0 Å². The molecule has 3 rings (SSSR count). The van der Waals surface area contributed by atoms with Gasteiger partial charge in [-0.05, 0) is 43.2 Å². The summed E-state index contributed by atoms with van der Waals surface area (Å²) in [6, 6.07) is 12.1. The van der Waals surface area contributed by atoms with Crippen LogP contribution in [-0.4, -0.2) is 36.1 Å². The molecule has 0 saturated carbocycles. The van der Waals surface area contributed by atoms with Gasteiger partial charge in [-0.2, -0.15) is 0 Å². The van der Waals surface area contributed by atoms with Gasteiger partial charge in [-0.1, -0.05) is 36.0 Å². The highest BCUT2D eigenvalue weighted by atomic mass is 35.5. The standard InChI is InChI=1S/C19H18ClNO3S/c1-23-17-12-13(18(25)21-10-4-5-11-21)8-9-16(17)24-19(22)14-6-2-3-7-15(14)20/h2-3,6-9,12H,4-5,10-11H2,1H3. The highest BCUT2D eigenvalue weighted by Crippen LogP contribution is 2.30. The molecule has 1 fully saturated rings. The summed E-state index contributed by atoms with van der Waals surface area (Å²) in [7, 11) is 1.53. The van der Waals surface area contributed by atoms with E-state index in [1.54, 1.807) is 36.4 Å². The molecule has 0 spiro atoms. The van der Waals surface area contributed by atoms with Gasteiger partial charge in [-0.15, -0.1) is 0 Å². The number of carbonyl (C=O) groups excluding carboxylic acids is 1. The fourth-order valence-electron chi connectivity index (χ4n) is 2.77. The highest BCUT2D eigenvalue weighted by Gasteiger charge is 2.19. The molecular formula is C19H18ClNO3S. The Morgan fingerprint density at radius 2 is 1.84 bits per heavy atom. The van der Waals surface area contributed by atoms with Gasteiger partial charge < -0.3 is 14.4 Å². The second kappa shape index (κ2) is 7.85. The zero-order chi connectivity index (χ0) is 17.8. The largest absolute Gasteiger partial charge is 0.493 e. The van der Waals surface area contributed by atoms with Gasteiger partial charge in [0.15, 0.2) is 11.5 Å². The number of benzene rings is 2. The monoisotopic (exact) mass is 375 g/mol. The predicted molar refractivity (Wildman–Crippen MR) is 102 cm³/mol. The van der Waals surface area contributed by atoms with Crippen molar-refractivity contribution in [3.8, 4) is 11.5 Å². The quantitative estimate of drug-likeness (QED) is 0.451. The number of esters is 1. The number of halogens is 1. The van der Waals surface area contributed by atoms with E-state index in [4.69, 9.17) is 33.3 Å². The number of thiocarbonyl (C=S) groups is 1.